The summed E-state index contributed by atoms with van der Waals surface area (Å²) in [5.74, 6) is 0. The summed E-state index contributed by atoms with van der Waals surface area (Å²) < 4.78 is 0. The first-order valence-corrected chi connectivity index (χ1v) is 3.83. The number of hydrogen-bond donors (Lipinski definition) is 1. The molecule has 1 nitrogen and oxygen atoms in total. The van der Waals surface area contributed by atoms with Gasteiger partial charge in [-0.3, -0.25) is 0 Å². The van der Waals surface area contributed by atoms with Crippen molar-refractivity contribution in [2.45, 2.75) is 31.7 Å². The van der Waals surface area contributed by atoms with E-state index in [-0.39, 0.29) is 0 Å². The molecule has 1 rings (SSSR count). The van der Waals surface area contributed by atoms with E-state index in [1.54, 1.807) is 0 Å². The molecule has 1 aliphatic carbocycles. The number of rotatable bonds is 1. The lowest BCUT2D eigenvalue weighted by molar-refractivity contribution is 0.123. The van der Waals surface area contributed by atoms with Crippen molar-refractivity contribution in [1.29, 1.82) is 0 Å². The van der Waals surface area contributed by atoms with E-state index in [1.807, 2.05) is 7.05 Å². The van der Waals surface area contributed by atoms with Gasteiger partial charge < -0.3 is 5.32 Å². The summed E-state index contributed by atoms with van der Waals surface area (Å²) in [5.41, 5.74) is 0.418. The molecule has 2 atom stereocenters. The van der Waals surface area contributed by atoms with Crippen LogP contribution in [0.15, 0.2) is 0 Å². The molecule has 0 saturated heterocycles. The van der Waals surface area contributed by atoms with Crippen molar-refractivity contribution in [1.82, 2.24) is 5.32 Å². The van der Waals surface area contributed by atoms with Crippen molar-refractivity contribution in [2.24, 2.45) is 5.41 Å². The van der Waals surface area contributed by atoms with Crippen LogP contribution in [0, 0.1) is 5.41 Å². The second-order valence-electron chi connectivity index (χ2n) is 3.48. The molecule has 0 heterocycles. The summed E-state index contributed by atoms with van der Waals surface area (Å²) in [6.07, 6.45) is 1.14. The Morgan fingerprint density at radius 2 is 2.11 bits per heavy atom. The van der Waals surface area contributed by atoms with Crippen LogP contribution in [0.1, 0.15) is 20.3 Å². The molecule has 0 aromatic carbocycles. The van der Waals surface area contributed by atoms with Crippen LogP contribution in [-0.2, 0) is 0 Å². The van der Waals surface area contributed by atoms with Gasteiger partial charge in [0.25, 0.3) is 0 Å². The Balaban J connectivity index is 2.48. The minimum absolute atomic E-state index is 0.352. The van der Waals surface area contributed by atoms with Crippen molar-refractivity contribution in [3.8, 4) is 0 Å². The maximum atomic E-state index is 5.94. The van der Waals surface area contributed by atoms with Crippen LogP contribution in [0.2, 0.25) is 0 Å². The normalized spacial score (nSPS) is 40.0. The van der Waals surface area contributed by atoms with Crippen molar-refractivity contribution in [3.63, 3.8) is 0 Å². The summed E-state index contributed by atoms with van der Waals surface area (Å²) in [6.45, 7) is 4.49. The monoisotopic (exact) mass is 147 g/mol. The molecule has 0 amide bonds. The maximum Gasteiger partial charge on any atom is 0.0500 e. The first-order chi connectivity index (χ1) is 4.08. The van der Waals surface area contributed by atoms with Crippen molar-refractivity contribution in [3.05, 3.63) is 0 Å². The zero-order valence-electron chi connectivity index (χ0n) is 6.24. The van der Waals surface area contributed by atoms with Crippen LogP contribution in [0.4, 0.5) is 0 Å². The van der Waals surface area contributed by atoms with Crippen molar-refractivity contribution in [2.75, 3.05) is 7.05 Å². The highest BCUT2D eigenvalue weighted by molar-refractivity contribution is 6.21. The number of alkyl halides is 1. The van der Waals surface area contributed by atoms with Gasteiger partial charge in [-0.25, -0.2) is 0 Å². The third kappa shape index (κ3) is 1.08. The average molecular weight is 148 g/mol. The van der Waals surface area contributed by atoms with E-state index < -0.39 is 0 Å². The Kier molecular flexibility index (Phi) is 1.75. The molecule has 1 N–H and O–H groups in total. The summed E-state index contributed by atoms with van der Waals surface area (Å²) >= 11 is 5.94. The Morgan fingerprint density at radius 1 is 1.56 bits per heavy atom. The fourth-order valence-electron chi connectivity index (χ4n) is 1.65. The summed E-state index contributed by atoms with van der Waals surface area (Å²) in [4.78, 5) is 0. The fraction of sp³-hybridized carbons (Fsp3) is 1.00. The molecule has 0 unspecified atom stereocenters. The van der Waals surface area contributed by atoms with E-state index in [0.717, 1.165) is 6.42 Å². The molecule has 1 saturated carbocycles. The van der Waals surface area contributed by atoms with Gasteiger partial charge in [-0.1, -0.05) is 13.8 Å². The van der Waals surface area contributed by atoms with Crippen LogP contribution < -0.4 is 5.32 Å². The summed E-state index contributed by atoms with van der Waals surface area (Å²) in [7, 11) is 1.97. The Bertz CT molecular complexity index is 111. The highest BCUT2D eigenvalue weighted by Gasteiger charge is 2.45. The van der Waals surface area contributed by atoms with Gasteiger partial charge in [-0.15, -0.1) is 11.6 Å². The topological polar surface area (TPSA) is 12.0 Å². The van der Waals surface area contributed by atoms with Gasteiger partial charge in [0.2, 0.25) is 0 Å². The first kappa shape index (κ1) is 7.36. The van der Waals surface area contributed by atoms with Gasteiger partial charge in [0.05, 0.1) is 0 Å². The van der Waals surface area contributed by atoms with Crippen molar-refractivity contribution < 1.29 is 0 Å². The maximum absolute atomic E-state index is 5.94. The lowest BCUT2D eigenvalue weighted by atomic mass is 9.67. The molecular weight excluding hydrogens is 134 g/mol. The van der Waals surface area contributed by atoms with E-state index in [1.165, 1.54) is 0 Å². The van der Waals surface area contributed by atoms with E-state index in [0.29, 0.717) is 16.8 Å². The average Bonchev–Trinajstić information content (AvgIpc) is 1.63. The van der Waals surface area contributed by atoms with E-state index >= 15 is 0 Å². The molecular formula is C7H14ClN. The molecule has 0 aromatic heterocycles. The number of halogens is 1. The molecule has 1 aliphatic rings. The molecule has 0 aliphatic heterocycles. The molecule has 0 radical (unpaired) electrons. The lowest BCUT2D eigenvalue weighted by Crippen LogP contribution is -2.57. The highest BCUT2D eigenvalue weighted by Crippen LogP contribution is 2.43. The molecule has 0 spiro atoms. The van der Waals surface area contributed by atoms with E-state index in [2.05, 4.69) is 19.2 Å². The van der Waals surface area contributed by atoms with Crippen LogP contribution in [0.5, 0.6) is 0 Å². The van der Waals surface area contributed by atoms with Gasteiger partial charge in [-0.05, 0) is 18.9 Å². The predicted octanol–water partition coefficient (Wildman–Crippen LogP) is 1.61. The third-order valence-electron chi connectivity index (χ3n) is 2.24. The zero-order valence-corrected chi connectivity index (χ0v) is 7.00. The Labute approximate surface area is 61.8 Å². The molecule has 54 valence electrons. The third-order valence-corrected chi connectivity index (χ3v) is 2.64. The largest absolute Gasteiger partial charge is 0.315 e. The van der Waals surface area contributed by atoms with Gasteiger partial charge in [0.1, 0.15) is 0 Å². The standard InChI is InChI=1S/C7H14ClN/c1-7(2)4-5(8)6(7)9-3/h5-6,9H,4H2,1-3H3/t5-,6+/m0/s1. The number of nitrogens with one attached hydrogen (secondary N) is 1. The molecule has 9 heavy (non-hydrogen) atoms. The molecule has 1 fully saturated rings. The fourth-order valence-corrected chi connectivity index (χ4v) is 2.51. The second-order valence-corrected chi connectivity index (χ2v) is 4.04. The quantitative estimate of drug-likeness (QED) is 0.556. The van der Waals surface area contributed by atoms with Crippen molar-refractivity contribution >= 4 is 11.6 Å². The smallest absolute Gasteiger partial charge is 0.0500 e. The molecule has 2 heteroatoms. The first-order valence-electron chi connectivity index (χ1n) is 3.39. The molecule has 0 bridgehead atoms. The van der Waals surface area contributed by atoms with Crippen LogP contribution >= 0.6 is 11.6 Å². The van der Waals surface area contributed by atoms with Crippen LogP contribution in [-0.4, -0.2) is 18.5 Å². The number of hydrogen-bond acceptors (Lipinski definition) is 1. The lowest BCUT2D eigenvalue weighted by Gasteiger charge is -2.48. The van der Waals surface area contributed by atoms with E-state index in [4.69, 9.17) is 11.6 Å². The minimum atomic E-state index is 0.352. The SMILES string of the molecule is CN[C@@H]1[C@@H](Cl)CC1(C)C. The predicted molar refractivity (Wildman–Crippen MR) is 40.9 cm³/mol. The highest BCUT2D eigenvalue weighted by atomic mass is 35.5. The van der Waals surface area contributed by atoms with Gasteiger partial charge in [0.15, 0.2) is 0 Å². The Hall–Kier alpha value is 0.250. The zero-order chi connectivity index (χ0) is 7.07. The minimum Gasteiger partial charge on any atom is -0.315 e. The van der Waals surface area contributed by atoms with Gasteiger partial charge >= 0.3 is 0 Å². The summed E-state index contributed by atoms with van der Waals surface area (Å²) in [6, 6.07) is 0.513. The van der Waals surface area contributed by atoms with Gasteiger partial charge in [0, 0.05) is 11.4 Å². The Morgan fingerprint density at radius 3 is 2.22 bits per heavy atom. The van der Waals surface area contributed by atoms with E-state index in [9.17, 15) is 0 Å². The van der Waals surface area contributed by atoms with Crippen LogP contribution in [0.25, 0.3) is 0 Å². The van der Waals surface area contributed by atoms with Crippen LogP contribution in [0.3, 0.4) is 0 Å². The molecule has 0 aromatic rings. The second kappa shape index (κ2) is 2.14. The summed E-state index contributed by atoms with van der Waals surface area (Å²) in [5, 5.41) is 3.56. The van der Waals surface area contributed by atoms with Gasteiger partial charge in [-0.2, -0.15) is 0 Å².